The fourth-order valence-electron chi connectivity index (χ4n) is 2.39. The van der Waals surface area contributed by atoms with Crippen molar-refractivity contribution in [2.75, 3.05) is 12.4 Å². The van der Waals surface area contributed by atoms with E-state index in [1.807, 2.05) is 30.3 Å². The monoisotopic (exact) mass is 369 g/mol. The number of methoxy groups -OCH3 is 1. The maximum atomic E-state index is 14.1. The van der Waals surface area contributed by atoms with Crippen LogP contribution in [0.1, 0.15) is 11.3 Å². The first kappa shape index (κ1) is 17.5. The van der Waals surface area contributed by atoms with Gasteiger partial charge < -0.3 is 14.6 Å². The Balaban J connectivity index is 1.91. The van der Waals surface area contributed by atoms with Crippen molar-refractivity contribution in [2.24, 2.45) is 0 Å². The molecule has 0 bridgehead atoms. The summed E-state index contributed by atoms with van der Waals surface area (Å²) in [5, 5.41) is 16.4. The molecule has 0 atom stereocenters. The molecule has 3 aromatic rings. The first-order valence-corrected chi connectivity index (χ1v) is 7.93. The number of hydrogen-bond donors (Lipinski definition) is 1. The molecule has 1 heterocycles. The van der Waals surface area contributed by atoms with Gasteiger partial charge in [0.05, 0.1) is 23.4 Å². The molecule has 0 aliphatic rings. The Morgan fingerprint density at radius 3 is 2.81 bits per heavy atom. The van der Waals surface area contributed by atoms with E-state index in [2.05, 4.69) is 10.5 Å². The number of aromatic nitrogens is 1. The van der Waals surface area contributed by atoms with Crippen LogP contribution in [0.3, 0.4) is 0 Å². The van der Waals surface area contributed by atoms with Crippen LogP contribution in [0.4, 0.5) is 10.1 Å². The van der Waals surface area contributed by atoms with Crippen molar-refractivity contribution in [2.45, 2.75) is 0 Å². The van der Waals surface area contributed by atoms with Crippen molar-refractivity contribution >= 4 is 23.4 Å². The first-order chi connectivity index (χ1) is 12.7. The van der Waals surface area contributed by atoms with E-state index in [1.54, 1.807) is 13.3 Å². The minimum atomic E-state index is -0.579. The molecule has 3 rings (SSSR count). The summed E-state index contributed by atoms with van der Waals surface area (Å²) in [6, 6.07) is 13.6. The van der Waals surface area contributed by atoms with Crippen molar-refractivity contribution in [1.29, 1.82) is 5.26 Å². The summed E-state index contributed by atoms with van der Waals surface area (Å²) < 4.78 is 24.5. The molecular formula is C19H13ClFN3O2. The molecule has 1 aromatic heterocycles. The SMILES string of the molecule is COc1ccccc1NC=Cc1onc(-c2c(F)cccc2Cl)c1C#N. The average Bonchev–Trinajstić information content (AvgIpc) is 3.04. The molecule has 7 heteroatoms. The largest absolute Gasteiger partial charge is 0.495 e. The van der Waals surface area contributed by atoms with Crippen molar-refractivity contribution in [3.8, 4) is 23.1 Å². The third-order valence-corrected chi connectivity index (χ3v) is 3.93. The number of para-hydroxylation sites is 2. The molecule has 0 saturated heterocycles. The van der Waals surface area contributed by atoms with E-state index >= 15 is 0 Å². The zero-order valence-electron chi connectivity index (χ0n) is 13.7. The number of nitrogens with zero attached hydrogens (tertiary/aromatic N) is 2. The summed E-state index contributed by atoms with van der Waals surface area (Å²) >= 11 is 6.04. The van der Waals surface area contributed by atoms with Crippen LogP contribution in [-0.4, -0.2) is 12.3 Å². The molecule has 0 fully saturated rings. The van der Waals surface area contributed by atoms with E-state index in [4.69, 9.17) is 20.9 Å². The topological polar surface area (TPSA) is 71.1 Å². The van der Waals surface area contributed by atoms with Gasteiger partial charge in [-0.1, -0.05) is 35.0 Å². The van der Waals surface area contributed by atoms with E-state index in [9.17, 15) is 9.65 Å². The molecule has 26 heavy (non-hydrogen) atoms. The molecule has 0 aliphatic heterocycles. The Morgan fingerprint density at radius 2 is 2.08 bits per heavy atom. The highest BCUT2D eigenvalue weighted by Gasteiger charge is 2.21. The Hall–Kier alpha value is -3.30. The standard InChI is InChI=1S/C19H13ClFN3O2/c1-25-17-8-3-2-7-15(17)23-10-9-16-12(11-22)19(24-26-16)18-13(20)5-4-6-14(18)21/h2-10,23H,1H3. The Bertz CT molecular complexity index is 988. The Morgan fingerprint density at radius 1 is 1.27 bits per heavy atom. The number of nitrogens with one attached hydrogen (secondary N) is 1. The maximum Gasteiger partial charge on any atom is 0.179 e. The predicted molar refractivity (Wildman–Crippen MR) is 97.3 cm³/mol. The second-order valence-electron chi connectivity index (χ2n) is 5.16. The van der Waals surface area contributed by atoms with E-state index in [0.717, 1.165) is 5.69 Å². The van der Waals surface area contributed by atoms with Crippen molar-refractivity contribution in [1.82, 2.24) is 5.16 Å². The van der Waals surface area contributed by atoms with Crippen LogP contribution >= 0.6 is 11.6 Å². The highest BCUT2D eigenvalue weighted by molar-refractivity contribution is 6.33. The van der Waals surface area contributed by atoms with Crippen LogP contribution < -0.4 is 10.1 Å². The molecule has 0 aliphatic carbocycles. The zero-order valence-corrected chi connectivity index (χ0v) is 14.4. The van der Waals surface area contributed by atoms with Crippen LogP contribution in [0.5, 0.6) is 5.75 Å². The van der Waals surface area contributed by atoms with Crippen molar-refractivity contribution < 1.29 is 13.7 Å². The number of hydrogen-bond acceptors (Lipinski definition) is 5. The van der Waals surface area contributed by atoms with Gasteiger partial charge in [0.15, 0.2) is 5.76 Å². The summed E-state index contributed by atoms with van der Waals surface area (Å²) in [5.41, 5.74) is 0.927. The Kier molecular flexibility index (Phi) is 5.20. The lowest BCUT2D eigenvalue weighted by Crippen LogP contribution is -1.92. The van der Waals surface area contributed by atoms with Crippen LogP contribution in [0, 0.1) is 17.1 Å². The molecule has 2 aromatic carbocycles. The van der Waals surface area contributed by atoms with Crippen molar-refractivity contribution in [3.05, 3.63) is 70.8 Å². The lowest BCUT2D eigenvalue weighted by atomic mass is 10.1. The van der Waals surface area contributed by atoms with Gasteiger partial charge in [0.25, 0.3) is 0 Å². The van der Waals surface area contributed by atoms with E-state index in [1.165, 1.54) is 24.3 Å². The smallest absolute Gasteiger partial charge is 0.179 e. The maximum absolute atomic E-state index is 14.1. The molecule has 1 N–H and O–H groups in total. The molecular weight excluding hydrogens is 357 g/mol. The fourth-order valence-corrected chi connectivity index (χ4v) is 2.64. The van der Waals surface area contributed by atoms with Crippen LogP contribution in [0.2, 0.25) is 5.02 Å². The molecule has 0 spiro atoms. The van der Waals surface area contributed by atoms with Crippen LogP contribution in [0.25, 0.3) is 17.3 Å². The molecule has 5 nitrogen and oxygen atoms in total. The van der Waals surface area contributed by atoms with Crippen LogP contribution in [-0.2, 0) is 0 Å². The zero-order chi connectivity index (χ0) is 18.5. The second kappa shape index (κ2) is 7.72. The molecule has 130 valence electrons. The molecule has 0 amide bonds. The van der Waals surface area contributed by atoms with Gasteiger partial charge in [-0.15, -0.1) is 0 Å². The fraction of sp³-hybridized carbons (Fsp3) is 0.0526. The molecule has 0 unspecified atom stereocenters. The second-order valence-corrected chi connectivity index (χ2v) is 5.56. The third-order valence-electron chi connectivity index (χ3n) is 3.61. The summed E-state index contributed by atoms with van der Waals surface area (Å²) in [5.74, 6) is 0.267. The van der Waals surface area contributed by atoms with Crippen LogP contribution in [0.15, 0.2) is 53.2 Å². The quantitative estimate of drug-likeness (QED) is 0.677. The molecule has 0 saturated carbocycles. The lowest BCUT2D eigenvalue weighted by Gasteiger charge is -2.06. The highest BCUT2D eigenvalue weighted by Crippen LogP contribution is 2.33. The van der Waals surface area contributed by atoms with Gasteiger partial charge in [0.1, 0.15) is 28.9 Å². The van der Waals surface area contributed by atoms with E-state index in [0.29, 0.717) is 5.75 Å². The van der Waals surface area contributed by atoms with Gasteiger partial charge in [-0.3, -0.25) is 0 Å². The van der Waals surface area contributed by atoms with Gasteiger partial charge in [-0.25, -0.2) is 4.39 Å². The molecule has 0 radical (unpaired) electrons. The van der Waals surface area contributed by atoms with Gasteiger partial charge >= 0.3 is 0 Å². The number of benzene rings is 2. The van der Waals surface area contributed by atoms with Gasteiger partial charge in [0.2, 0.25) is 0 Å². The highest BCUT2D eigenvalue weighted by atomic mass is 35.5. The minimum absolute atomic E-state index is 0.0341. The summed E-state index contributed by atoms with van der Waals surface area (Å²) in [6.07, 6.45) is 3.10. The van der Waals surface area contributed by atoms with Gasteiger partial charge in [-0.2, -0.15) is 5.26 Å². The number of rotatable bonds is 5. The van der Waals surface area contributed by atoms with E-state index < -0.39 is 5.82 Å². The average molecular weight is 370 g/mol. The first-order valence-electron chi connectivity index (χ1n) is 7.56. The predicted octanol–water partition coefficient (Wildman–Crippen LogP) is 5.10. The number of nitriles is 1. The number of anilines is 1. The van der Waals surface area contributed by atoms with E-state index in [-0.39, 0.29) is 27.6 Å². The third kappa shape index (κ3) is 3.39. The normalized spacial score (nSPS) is 10.7. The number of halogens is 2. The van der Waals surface area contributed by atoms with Gasteiger partial charge in [-0.05, 0) is 24.3 Å². The van der Waals surface area contributed by atoms with Gasteiger partial charge in [0, 0.05) is 12.3 Å². The van der Waals surface area contributed by atoms with Crippen molar-refractivity contribution in [3.63, 3.8) is 0 Å². The Labute approximate surface area is 154 Å². The summed E-state index contributed by atoms with van der Waals surface area (Å²) in [6.45, 7) is 0. The summed E-state index contributed by atoms with van der Waals surface area (Å²) in [4.78, 5) is 0. The summed E-state index contributed by atoms with van der Waals surface area (Å²) in [7, 11) is 1.57. The lowest BCUT2D eigenvalue weighted by molar-refractivity contribution is 0.414. The minimum Gasteiger partial charge on any atom is -0.495 e. The number of ether oxygens (including phenoxy) is 1.